The molecule has 0 atom stereocenters. The number of benzene rings is 1. The Bertz CT molecular complexity index is 654. The zero-order valence-corrected chi connectivity index (χ0v) is 10.7. The minimum absolute atomic E-state index is 0.417. The van der Waals surface area contributed by atoms with Crippen LogP contribution in [0, 0.1) is 0 Å². The summed E-state index contributed by atoms with van der Waals surface area (Å²) in [5.74, 6) is 1.45. The van der Waals surface area contributed by atoms with Crippen molar-refractivity contribution in [3.05, 3.63) is 54.7 Å². The Kier molecular flexibility index (Phi) is 3.64. The highest BCUT2D eigenvalue weighted by molar-refractivity contribution is 5.42. The van der Waals surface area contributed by atoms with Gasteiger partial charge in [0.2, 0.25) is 17.5 Å². The van der Waals surface area contributed by atoms with Crippen molar-refractivity contribution >= 4 is 5.69 Å². The summed E-state index contributed by atoms with van der Waals surface area (Å²) in [6.45, 7) is 0.724. The van der Waals surface area contributed by atoms with Crippen molar-refractivity contribution < 1.29 is 4.52 Å². The predicted molar refractivity (Wildman–Crippen MR) is 74.0 cm³/mol. The number of para-hydroxylation sites is 1. The van der Waals surface area contributed by atoms with Crippen LogP contribution >= 0.6 is 0 Å². The second-order valence-corrected chi connectivity index (χ2v) is 4.13. The largest absolute Gasteiger partial charge is 0.385 e. The third kappa shape index (κ3) is 2.97. The average molecular weight is 267 g/mol. The van der Waals surface area contributed by atoms with Gasteiger partial charge in [-0.1, -0.05) is 23.4 Å². The summed E-state index contributed by atoms with van der Waals surface area (Å²) >= 11 is 0. The molecule has 2 aromatic heterocycles. The second-order valence-electron chi connectivity index (χ2n) is 4.13. The first kappa shape index (κ1) is 12.3. The summed E-state index contributed by atoms with van der Waals surface area (Å²) in [5, 5.41) is 7.16. The number of aromatic nitrogens is 4. The lowest BCUT2D eigenvalue weighted by Crippen LogP contribution is -2.04. The third-order valence-corrected chi connectivity index (χ3v) is 2.68. The van der Waals surface area contributed by atoms with Gasteiger partial charge in [0.05, 0.1) is 0 Å². The van der Waals surface area contributed by atoms with Crippen LogP contribution in [0.3, 0.4) is 0 Å². The zero-order valence-electron chi connectivity index (χ0n) is 10.7. The molecule has 6 nitrogen and oxygen atoms in total. The molecule has 3 aromatic rings. The fourth-order valence-electron chi connectivity index (χ4n) is 1.73. The second kappa shape index (κ2) is 5.92. The first-order valence-electron chi connectivity index (χ1n) is 6.31. The van der Waals surface area contributed by atoms with Crippen LogP contribution in [0.4, 0.5) is 5.69 Å². The molecule has 0 fully saturated rings. The molecule has 0 spiro atoms. The van der Waals surface area contributed by atoms with Gasteiger partial charge in [0.1, 0.15) is 0 Å². The summed E-state index contributed by atoms with van der Waals surface area (Å²) < 4.78 is 5.18. The fourth-order valence-corrected chi connectivity index (χ4v) is 1.73. The molecular formula is C14H13N5O. The van der Waals surface area contributed by atoms with Crippen LogP contribution in [0.1, 0.15) is 5.89 Å². The Hall–Kier alpha value is -2.76. The Labute approximate surface area is 115 Å². The molecule has 0 aliphatic carbocycles. The van der Waals surface area contributed by atoms with Crippen molar-refractivity contribution in [2.45, 2.75) is 6.42 Å². The summed E-state index contributed by atoms with van der Waals surface area (Å²) in [7, 11) is 0. The molecular weight excluding hydrogens is 254 g/mol. The molecule has 0 bridgehead atoms. The molecule has 6 heteroatoms. The molecule has 0 radical (unpaired) electrons. The molecule has 0 saturated heterocycles. The van der Waals surface area contributed by atoms with Gasteiger partial charge in [-0.25, -0.2) is 9.97 Å². The molecule has 1 aromatic carbocycles. The van der Waals surface area contributed by atoms with Gasteiger partial charge in [-0.05, 0) is 18.2 Å². The molecule has 0 aliphatic heterocycles. The number of hydrogen-bond acceptors (Lipinski definition) is 6. The van der Waals surface area contributed by atoms with Gasteiger partial charge in [-0.2, -0.15) is 4.98 Å². The average Bonchev–Trinajstić information content (AvgIpc) is 2.98. The lowest BCUT2D eigenvalue weighted by atomic mass is 10.3. The number of rotatable bonds is 5. The molecule has 0 aliphatic rings. The molecule has 1 N–H and O–H groups in total. The van der Waals surface area contributed by atoms with E-state index in [0.717, 1.165) is 12.2 Å². The van der Waals surface area contributed by atoms with Gasteiger partial charge in [0.15, 0.2) is 0 Å². The van der Waals surface area contributed by atoms with Crippen LogP contribution in [0.5, 0.6) is 0 Å². The zero-order chi connectivity index (χ0) is 13.6. The van der Waals surface area contributed by atoms with E-state index in [9.17, 15) is 0 Å². The minimum atomic E-state index is 0.417. The molecule has 20 heavy (non-hydrogen) atoms. The van der Waals surface area contributed by atoms with E-state index in [-0.39, 0.29) is 0 Å². The minimum Gasteiger partial charge on any atom is -0.385 e. The maximum Gasteiger partial charge on any atom is 0.240 e. The summed E-state index contributed by atoms with van der Waals surface area (Å²) in [6.07, 6.45) is 3.94. The van der Waals surface area contributed by atoms with E-state index in [2.05, 4.69) is 25.4 Å². The van der Waals surface area contributed by atoms with Crippen molar-refractivity contribution in [3.8, 4) is 11.6 Å². The molecule has 0 amide bonds. The van der Waals surface area contributed by atoms with Crippen LogP contribution in [-0.4, -0.2) is 26.7 Å². The van der Waals surface area contributed by atoms with Crippen LogP contribution < -0.4 is 5.32 Å². The van der Waals surface area contributed by atoms with Gasteiger partial charge in [0, 0.05) is 31.0 Å². The van der Waals surface area contributed by atoms with Crippen molar-refractivity contribution in [2.24, 2.45) is 0 Å². The summed E-state index contributed by atoms with van der Waals surface area (Å²) in [4.78, 5) is 12.4. The van der Waals surface area contributed by atoms with Gasteiger partial charge >= 0.3 is 0 Å². The molecule has 2 heterocycles. The molecule has 0 saturated carbocycles. The Morgan fingerprint density at radius 2 is 1.75 bits per heavy atom. The summed E-state index contributed by atoms with van der Waals surface area (Å²) in [5.41, 5.74) is 1.07. The lowest BCUT2D eigenvalue weighted by Gasteiger charge is -2.02. The highest BCUT2D eigenvalue weighted by Crippen LogP contribution is 2.10. The molecule has 100 valence electrons. The topological polar surface area (TPSA) is 76.7 Å². The van der Waals surface area contributed by atoms with Crippen LogP contribution in [0.2, 0.25) is 0 Å². The van der Waals surface area contributed by atoms with Crippen molar-refractivity contribution in [1.29, 1.82) is 0 Å². The van der Waals surface area contributed by atoms with Gasteiger partial charge in [-0.15, -0.1) is 0 Å². The van der Waals surface area contributed by atoms with E-state index >= 15 is 0 Å². The van der Waals surface area contributed by atoms with E-state index in [1.54, 1.807) is 18.5 Å². The number of nitrogens with zero attached hydrogens (tertiary/aromatic N) is 4. The Morgan fingerprint density at radius 3 is 2.55 bits per heavy atom. The number of hydrogen-bond donors (Lipinski definition) is 1. The maximum atomic E-state index is 5.18. The Balaban J connectivity index is 1.58. The summed E-state index contributed by atoms with van der Waals surface area (Å²) in [6, 6.07) is 11.7. The standard InChI is InChI=1S/C14H13N5O/c1-2-5-11(6-3-1)15-10-7-12-18-14(19-20-12)13-16-8-4-9-17-13/h1-6,8-9,15H,7,10H2. The van der Waals surface area contributed by atoms with E-state index in [1.807, 2.05) is 30.3 Å². The quantitative estimate of drug-likeness (QED) is 0.763. The monoisotopic (exact) mass is 267 g/mol. The van der Waals surface area contributed by atoms with Crippen molar-refractivity contribution in [3.63, 3.8) is 0 Å². The third-order valence-electron chi connectivity index (χ3n) is 2.68. The van der Waals surface area contributed by atoms with Crippen molar-refractivity contribution in [1.82, 2.24) is 20.1 Å². The first-order chi connectivity index (χ1) is 9.92. The van der Waals surface area contributed by atoms with E-state index in [4.69, 9.17) is 4.52 Å². The van der Waals surface area contributed by atoms with E-state index in [1.165, 1.54) is 0 Å². The lowest BCUT2D eigenvalue weighted by molar-refractivity contribution is 0.381. The van der Waals surface area contributed by atoms with Gasteiger partial charge in [-0.3, -0.25) is 0 Å². The number of anilines is 1. The van der Waals surface area contributed by atoms with Crippen LogP contribution in [0.15, 0.2) is 53.3 Å². The van der Waals surface area contributed by atoms with Crippen LogP contribution in [-0.2, 0) is 6.42 Å². The Morgan fingerprint density at radius 1 is 0.950 bits per heavy atom. The first-order valence-corrected chi connectivity index (χ1v) is 6.31. The maximum absolute atomic E-state index is 5.18. The molecule has 3 rings (SSSR count). The highest BCUT2D eigenvalue weighted by Gasteiger charge is 2.09. The fraction of sp³-hybridized carbons (Fsp3) is 0.143. The van der Waals surface area contributed by atoms with Crippen molar-refractivity contribution in [2.75, 3.05) is 11.9 Å². The highest BCUT2D eigenvalue weighted by atomic mass is 16.5. The smallest absolute Gasteiger partial charge is 0.240 e. The molecule has 0 unspecified atom stereocenters. The SMILES string of the molecule is c1ccc(NCCc2nc(-c3ncccn3)no2)cc1. The van der Waals surface area contributed by atoms with E-state index < -0.39 is 0 Å². The van der Waals surface area contributed by atoms with E-state index in [0.29, 0.717) is 24.0 Å². The predicted octanol–water partition coefficient (Wildman–Crippen LogP) is 2.18. The van der Waals surface area contributed by atoms with Crippen LogP contribution in [0.25, 0.3) is 11.6 Å². The van der Waals surface area contributed by atoms with Gasteiger partial charge in [0.25, 0.3) is 0 Å². The van der Waals surface area contributed by atoms with Gasteiger partial charge < -0.3 is 9.84 Å². The number of nitrogens with one attached hydrogen (secondary N) is 1. The normalized spacial score (nSPS) is 10.4.